The zero-order valence-corrected chi connectivity index (χ0v) is 16.9. The lowest BCUT2D eigenvalue weighted by molar-refractivity contribution is 0.0635. The first-order valence-electron chi connectivity index (χ1n) is 8.19. The van der Waals surface area contributed by atoms with Gasteiger partial charge >= 0.3 is 6.09 Å². The molecule has 2 aromatic heterocycles. The van der Waals surface area contributed by atoms with E-state index in [0.29, 0.717) is 32.8 Å². The molecule has 1 aromatic carbocycles. The summed E-state index contributed by atoms with van der Waals surface area (Å²) in [6.45, 7) is 5.39. The van der Waals surface area contributed by atoms with Gasteiger partial charge in [0.2, 0.25) is 0 Å². The van der Waals surface area contributed by atoms with Gasteiger partial charge in [-0.05, 0) is 50.6 Å². The molecular formula is C19H19Cl2N3O3. The van der Waals surface area contributed by atoms with Crippen molar-refractivity contribution in [2.75, 3.05) is 12.4 Å². The van der Waals surface area contributed by atoms with E-state index in [-0.39, 0.29) is 0 Å². The fourth-order valence-corrected chi connectivity index (χ4v) is 3.00. The first-order valence-corrected chi connectivity index (χ1v) is 8.94. The van der Waals surface area contributed by atoms with E-state index in [1.807, 2.05) is 18.3 Å². The van der Waals surface area contributed by atoms with Crippen molar-refractivity contribution in [1.82, 2.24) is 9.38 Å². The third-order valence-corrected chi connectivity index (χ3v) is 4.46. The summed E-state index contributed by atoms with van der Waals surface area (Å²) >= 11 is 12.5. The van der Waals surface area contributed by atoms with Crippen LogP contribution in [0, 0.1) is 0 Å². The van der Waals surface area contributed by atoms with Crippen molar-refractivity contribution in [1.29, 1.82) is 0 Å². The Bertz CT molecular complexity index is 1010. The first kappa shape index (κ1) is 19.3. The van der Waals surface area contributed by atoms with Crippen molar-refractivity contribution in [2.45, 2.75) is 26.4 Å². The van der Waals surface area contributed by atoms with Crippen molar-refractivity contribution < 1.29 is 14.3 Å². The number of aromatic nitrogens is 2. The highest BCUT2D eigenvalue weighted by molar-refractivity contribution is 6.44. The molecule has 6 nitrogen and oxygen atoms in total. The normalized spacial score (nSPS) is 11.5. The molecule has 0 saturated heterocycles. The lowest BCUT2D eigenvalue weighted by Crippen LogP contribution is -2.27. The van der Waals surface area contributed by atoms with E-state index in [1.165, 1.54) is 0 Å². The summed E-state index contributed by atoms with van der Waals surface area (Å²) in [5, 5.41) is 3.46. The van der Waals surface area contributed by atoms with Crippen molar-refractivity contribution in [3.63, 3.8) is 0 Å². The number of pyridine rings is 1. The fourth-order valence-electron chi connectivity index (χ4n) is 2.58. The van der Waals surface area contributed by atoms with Crippen LogP contribution in [0.1, 0.15) is 20.8 Å². The molecule has 0 unspecified atom stereocenters. The molecule has 0 bridgehead atoms. The average Bonchev–Trinajstić information content (AvgIpc) is 2.96. The first-order chi connectivity index (χ1) is 12.7. The average molecular weight is 408 g/mol. The van der Waals surface area contributed by atoms with Crippen molar-refractivity contribution >= 4 is 40.8 Å². The smallest absolute Gasteiger partial charge is 0.413 e. The van der Waals surface area contributed by atoms with E-state index in [2.05, 4.69) is 10.3 Å². The maximum Gasteiger partial charge on any atom is 0.413 e. The largest absolute Gasteiger partial charge is 0.496 e. The van der Waals surface area contributed by atoms with Gasteiger partial charge in [0, 0.05) is 11.8 Å². The van der Waals surface area contributed by atoms with Gasteiger partial charge in [0.15, 0.2) is 5.82 Å². The number of carbonyl (C=O) groups excluding carboxylic acids is 1. The van der Waals surface area contributed by atoms with Gasteiger partial charge in [-0.15, -0.1) is 0 Å². The van der Waals surface area contributed by atoms with Crippen LogP contribution in [0.4, 0.5) is 10.6 Å². The number of rotatable bonds is 3. The van der Waals surface area contributed by atoms with Gasteiger partial charge in [-0.3, -0.25) is 5.32 Å². The summed E-state index contributed by atoms with van der Waals surface area (Å²) in [4.78, 5) is 16.3. The topological polar surface area (TPSA) is 64.9 Å². The van der Waals surface area contributed by atoms with Gasteiger partial charge in [0.1, 0.15) is 17.0 Å². The molecule has 0 atom stereocenters. The quantitative estimate of drug-likeness (QED) is 0.607. The molecule has 0 saturated carbocycles. The number of hydrogen-bond donors (Lipinski definition) is 1. The number of carbonyl (C=O) groups is 1. The zero-order valence-electron chi connectivity index (χ0n) is 15.3. The minimum absolute atomic E-state index is 0.380. The number of hydrogen-bond acceptors (Lipinski definition) is 4. The minimum Gasteiger partial charge on any atom is -0.496 e. The Hall–Kier alpha value is -2.44. The lowest BCUT2D eigenvalue weighted by atomic mass is 10.1. The summed E-state index contributed by atoms with van der Waals surface area (Å²) in [6, 6.07) is 7.14. The van der Waals surface area contributed by atoms with E-state index in [0.717, 1.165) is 5.56 Å². The minimum atomic E-state index is -0.587. The van der Waals surface area contributed by atoms with Crippen LogP contribution in [0.5, 0.6) is 5.75 Å². The second-order valence-electron chi connectivity index (χ2n) is 6.87. The van der Waals surface area contributed by atoms with E-state index < -0.39 is 11.7 Å². The number of amides is 1. The van der Waals surface area contributed by atoms with Crippen LogP contribution in [0.15, 0.2) is 36.7 Å². The Kier molecular flexibility index (Phi) is 5.22. The molecule has 27 heavy (non-hydrogen) atoms. The third-order valence-electron chi connectivity index (χ3n) is 3.65. The molecule has 0 aliphatic heterocycles. The molecule has 2 heterocycles. The molecular weight excluding hydrogens is 389 g/mol. The second-order valence-corrected chi connectivity index (χ2v) is 7.66. The molecule has 3 aromatic rings. The number of halogens is 2. The Labute approximate surface area is 167 Å². The number of methoxy groups -OCH3 is 1. The number of ether oxygens (including phenoxy) is 2. The van der Waals surface area contributed by atoms with E-state index in [9.17, 15) is 4.79 Å². The number of fused-ring (bicyclic) bond motifs is 1. The molecule has 0 spiro atoms. The third kappa shape index (κ3) is 4.28. The van der Waals surface area contributed by atoms with Crippen molar-refractivity contribution in [2.24, 2.45) is 0 Å². The van der Waals surface area contributed by atoms with Crippen LogP contribution in [0.25, 0.3) is 16.8 Å². The second kappa shape index (κ2) is 7.29. The van der Waals surface area contributed by atoms with Crippen molar-refractivity contribution in [3.05, 3.63) is 46.7 Å². The van der Waals surface area contributed by atoms with E-state index >= 15 is 0 Å². The summed E-state index contributed by atoms with van der Waals surface area (Å²) in [5.41, 5.74) is 1.51. The Morgan fingerprint density at radius 2 is 1.96 bits per heavy atom. The maximum atomic E-state index is 11.9. The van der Waals surface area contributed by atoms with Gasteiger partial charge in [-0.25, -0.2) is 9.78 Å². The molecule has 3 rings (SSSR count). The van der Waals surface area contributed by atoms with Crippen LogP contribution < -0.4 is 10.1 Å². The highest BCUT2D eigenvalue weighted by Crippen LogP contribution is 2.40. The van der Waals surface area contributed by atoms with Crippen LogP contribution in [0.2, 0.25) is 10.0 Å². The van der Waals surface area contributed by atoms with E-state index in [4.69, 9.17) is 32.7 Å². The standard InChI is InChI=1S/C19H19Cl2N3O3/c1-19(2,3)27-18(25)23-14-10-24-8-7-11(9-15(24)22-14)16-13(26-4)6-5-12(20)17(16)21/h5-10H,1-4H3,(H,23,25). The van der Waals surface area contributed by atoms with Gasteiger partial charge in [0.05, 0.1) is 23.4 Å². The van der Waals surface area contributed by atoms with E-state index in [1.54, 1.807) is 50.6 Å². The summed E-state index contributed by atoms with van der Waals surface area (Å²) < 4.78 is 12.4. The lowest BCUT2D eigenvalue weighted by Gasteiger charge is -2.18. The molecule has 1 N–H and O–H groups in total. The SMILES string of the molecule is COc1ccc(Cl)c(Cl)c1-c1ccn2cc(NC(=O)OC(C)(C)C)nc2c1. The zero-order chi connectivity index (χ0) is 19.8. The Balaban J connectivity index is 1.96. The highest BCUT2D eigenvalue weighted by atomic mass is 35.5. The van der Waals surface area contributed by atoms with Gasteiger partial charge in [0.25, 0.3) is 0 Å². The summed E-state index contributed by atoms with van der Waals surface area (Å²) in [6.07, 6.45) is 2.94. The molecule has 0 aliphatic rings. The number of nitrogens with one attached hydrogen (secondary N) is 1. The molecule has 8 heteroatoms. The van der Waals surface area contributed by atoms with Gasteiger partial charge < -0.3 is 13.9 Å². The van der Waals surface area contributed by atoms with Gasteiger partial charge in [-0.2, -0.15) is 0 Å². The number of nitrogens with zero attached hydrogens (tertiary/aromatic N) is 2. The Morgan fingerprint density at radius 1 is 1.22 bits per heavy atom. The molecule has 1 amide bonds. The van der Waals surface area contributed by atoms with Gasteiger partial charge in [-0.1, -0.05) is 23.2 Å². The molecule has 0 fully saturated rings. The summed E-state index contributed by atoms with van der Waals surface area (Å²) in [7, 11) is 1.57. The number of anilines is 1. The van der Waals surface area contributed by atoms with Crippen LogP contribution in [0.3, 0.4) is 0 Å². The van der Waals surface area contributed by atoms with Crippen molar-refractivity contribution in [3.8, 4) is 16.9 Å². The summed E-state index contributed by atoms with van der Waals surface area (Å²) in [5.74, 6) is 0.984. The predicted molar refractivity (Wildman–Crippen MR) is 107 cm³/mol. The number of benzene rings is 1. The number of imidazole rings is 1. The molecule has 0 aliphatic carbocycles. The molecule has 142 valence electrons. The molecule has 0 radical (unpaired) electrons. The predicted octanol–water partition coefficient (Wildman–Crippen LogP) is 5.66. The van der Waals surface area contributed by atoms with Crippen LogP contribution in [-0.4, -0.2) is 28.2 Å². The van der Waals surface area contributed by atoms with Crippen LogP contribution in [-0.2, 0) is 4.74 Å². The highest BCUT2D eigenvalue weighted by Gasteiger charge is 2.18. The Morgan fingerprint density at radius 3 is 2.63 bits per heavy atom. The van der Waals surface area contributed by atoms with Crippen LogP contribution >= 0.6 is 23.2 Å². The maximum absolute atomic E-state index is 11.9. The fraction of sp³-hybridized carbons (Fsp3) is 0.263. The monoisotopic (exact) mass is 407 g/mol.